The quantitative estimate of drug-likeness (QED) is 0.810. The molecule has 1 aromatic carbocycles. The van der Waals surface area contributed by atoms with Crippen LogP contribution in [0.4, 0.5) is 0 Å². The van der Waals surface area contributed by atoms with Crippen LogP contribution in [-0.4, -0.2) is 12.6 Å². The minimum atomic E-state index is 0.362. The number of nitrogens with zero attached hydrogens (tertiary/aromatic N) is 1. The summed E-state index contributed by atoms with van der Waals surface area (Å²) in [5, 5.41) is 12.0. The molecule has 1 rings (SSSR count). The number of likely N-dealkylation sites (N-methyl/N-ethyl adjacent to an activating group) is 1. The lowest BCUT2D eigenvalue weighted by atomic mass is 10.1. The highest BCUT2D eigenvalue weighted by Crippen LogP contribution is 2.06. The second-order valence-electron chi connectivity index (χ2n) is 3.44. The zero-order valence-electron chi connectivity index (χ0n) is 9.20. The number of benzene rings is 1. The van der Waals surface area contributed by atoms with E-state index in [0.29, 0.717) is 11.6 Å². The van der Waals surface area contributed by atoms with Gasteiger partial charge in [-0.05, 0) is 31.2 Å². The normalized spacial score (nSPS) is 12.6. The summed E-state index contributed by atoms with van der Waals surface area (Å²) >= 11 is 0. The van der Waals surface area contributed by atoms with Gasteiger partial charge in [0, 0.05) is 6.04 Å². The fourth-order valence-corrected chi connectivity index (χ4v) is 1.36. The van der Waals surface area contributed by atoms with Crippen LogP contribution in [0, 0.1) is 11.3 Å². The highest BCUT2D eigenvalue weighted by atomic mass is 14.9. The van der Waals surface area contributed by atoms with Gasteiger partial charge in [-0.1, -0.05) is 31.2 Å². The second kappa shape index (κ2) is 6.00. The molecule has 15 heavy (non-hydrogen) atoms. The van der Waals surface area contributed by atoms with E-state index in [0.717, 1.165) is 12.1 Å². The van der Waals surface area contributed by atoms with Crippen molar-refractivity contribution in [1.82, 2.24) is 5.32 Å². The van der Waals surface area contributed by atoms with Crippen molar-refractivity contribution in [3.8, 4) is 6.07 Å². The summed E-state index contributed by atoms with van der Waals surface area (Å²) < 4.78 is 0. The molecule has 1 N–H and O–H groups in total. The number of nitriles is 1. The molecule has 1 unspecified atom stereocenters. The topological polar surface area (TPSA) is 35.8 Å². The van der Waals surface area contributed by atoms with E-state index in [1.54, 1.807) is 0 Å². The molecule has 0 fully saturated rings. The lowest BCUT2D eigenvalue weighted by Crippen LogP contribution is -2.22. The summed E-state index contributed by atoms with van der Waals surface area (Å²) in [5.74, 6) is 0. The van der Waals surface area contributed by atoms with Gasteiger partial charge in [-0.15, -0.1) is 0 Å². The summed E-state index contributed by atoms with van der Waals surface area (Å²) in [6.45, 7) is 5.15. The van der Waals surface area contributed by atoms with Crippen LogP contribution in [0.5, 0.6) is 0 Å². The number of hydrogen-bond acceptors (Lipinski definition) is 2. The molecular formula is C13H16N2. The third-order valence-electron chi connectivity index (χ3n) is 2.12. The Morgan fingerprint density at radius 1 is 1.53 bits per heavy atom. The lowest BCUT2D eigenvalue weighted by Gasteiger charge is -2.05. The van der Waals surface area contributed by atoms with Crippen LogP contribution in [0.25, 0.3) is 6.08 Å². The standard InChI is InChI=1S/C13H16N2/c1-3-15-11(2)7-8-12-5-4-6-13(9-12)10-14/h4-9,11,15H,3H2,1-2H3/b8-7+. The van der Waals surface area contributed by atoms with E-state index in [-0.39, 0.29) is 0 Å². The third kappa shape index (κ3) is 3.97. The Hall–Kier alpha value is -1.59. The lowest BCUT2D eigenvalue weighted by molar-refractivity contribution is 0.663. The fraction of sp³-hybridized carbons (Fsp3) is 0.308. The van der Waals surface area contributed by atoms with Gasteiger partial charge < -0.3 is 5.32 Å². The molecule has 0 aliphatic heterocycles. The Balaban J connectivity index is 2.68. The number of hydrogen-bond donors (Lipinski definition) is 1. The molecule has 2 heteroatoms. The Labute approximate surface area is 91.2 Å². The minimum absolute atomic E-state index is 0.362. The average molecular weight is 200 g/mol. The van der Waals surface area contributed by atoms with Gasteiger partial charge in [0.05, 0.1) is 11.6 Å². The van der Waals surface area contributed by atoms with Crippen molar-refractivity contribution in [2.75, 3.05) is 6.54 Å². The molecular weight excluding hydrogens is 184 g/mol. The smallest absolute Gasteiger partial charge is 0.0991 e. The van der Waals surface area contributed by atoms with Crippen LogP contribution in [0.2, 0.25) is 0 Å². The SMILES string of the molecule is CCNC(C)/C=C/c1cccc(C#N)c1. The zero-order chi connectivity index (χ0) is 11.1. The first kappa shape index (κ1) is 11.5. The Morgan fingerprint density at radius 2 is 2.33 bits per heavy atom. The molecule has 0 saturated carbocycles. The van der Waals surface area contributed by atoms with Crippen LogP contribution in [0.3, 0.4) is 0 Å². The zero-order valence-corrected chi connectivity index (χ0v) is 9.20. The molecule has 0 aliphatic carbocycles. The van der Waals surface area contributed by atoms with Crippen molar-refractivity contribution in [2.24, 2.45) is 0 Å². The molecule has 0 saturated heterocycles. The van der Waals surface area contributed by atoms with Gasteiger partial charge in [0.1, 0.15) is 0 Å². The Morgan fingerprint density at radius 3 is 3.00 bits per heavy atom. The van der Waals surface area contributed by atoms with E-state index in [4.69, 9.17) is 5.26 Å². The van der Waals surface area contributed by atoms with Crippen molar-refractivity contribution in [2.45, 2.75) is 19.9 Å². The summed E-state index contributed by atoms with van der Waals surface area (Å²) in [4.78, 5) is 0. The number of rotatable bonds is 4. The highest BCUT2D eigenvalue weighted by molar-refractivity contribution is 5.52. The third-order valence-corrected chi connectivity index (χ3v) is 2.12. The summed E-state index contributed by atoms with van der Waals surface area (Å²) in [6, 6.07) is 10.1. The van der Waals surface area contributed by atoms with Crippen molar-refractivity contribution < 1.29 is 0 Å². The van der Waals surface area contributed by atoms with Gasteiger partial charge in [0.15, 0.2) is 0 Å². The number of nitrogens with one attached hydrogen (secondary N) is 1. The van der Waals surface area contributed by atoms with Gasteiger partial charge in [-0.3, -0.25) is 0 Å². The van der Waals surface area contributed by atoms with E-state index in [1.165, 1.54) is 0 Å². The maximum atomic E-state index is 8.74. The fourth-order valence-electron chi connectivity index (χ4n) is 1.36. The molecule has 0 spiro atoms. The van der Waals surface area contributed by atoms with E-state index >= 15 is 0 Å². The summed E-state index contributed by atoms with van der Waals surface area (Å²) in [5.41, 5.74) is 1.77. The molecule has 0 heterocycles. The monoisotopic (exact) mass is 200 g/mol. The summed E-state index contributed by atoms with van der Waals surface area (Å²) in [7, 11) is 0. The maximum absolute atomic E-state index is 8.74. The summed E-state index contributed by atoms with van der Waals surface area (Å²) in [6.07, 6.45) is 4.13. The van der Waals surface area contributed by atoms with Crippen LogP contribution in [0.15, 0.2) is 30.3 Å². The molecule has 0 aliphatic rings. The molecule has 0 radical (unpaired) electrons. The first-order chi connectivity index (χ1) is 7.26. The molecule has 0 bridgehead atoms. The maximum Gasteiger partial charge on any atom is 0.0991 e. The van der Waals surface area contributed by atoms with E-state index in [9.17, 15) is 0 Å². The van der Waals surface area contributed by atoms with Crippen molar-refractivity contribution in [3.63, 3.8) is 0 Å². The van der Waals surface area contributed by atoms with Crippen LogP contribution in [0.1, 0.15) is 25.0 Å². The predicted molar refractivity (Wildman–Crippen MR) is 63.3 cm³/mol. The molecule has 78 valence electrons. The first-order valence-electron chi connectivity index (χ1n) is 5.18. The van der Waals surface area contributed by atoms with Gasteiger partial charge in [-0.25, -0.2) is 0 Å². The van der Waals surface area contributed by atoms with Crippen LogP contribution >= 0.6 is 0 Å². The van der Waals surface area contributed by atoms with Gasteiger partial charge >= 0.3 is 0 Å². The van der Waals surface area contributed by atoms with E-state index < -0.39 is 0 Å². The predicted octanol–water partition coefficient (Wildman–Crippen LogP) is 2.57. The van der Waals surface area contributed by atoms with Gasteiger partial charge in [0.25, 0.3) is 0 Å². The van der Waals surface area contributed by atoms with E-state index in [1.807, 2.05) is 30.3 Å². The van der Waals surface area contributed by atoms with Gasteiger partial charge in [0.2, 0.25) is 0 Å². The minimum Gasteiger partial charge on any atom is -0.311 e. The van der Waals surface area contributed by atoms with E-state index in [2.05, 4.69) is 31.3 Å². The Kier molecular flexibility index (Phi) is 4.59. The highest BCUT2D eigenvalue weighted by Gasteiger charge is 1.93. The van der Waals surface area contributed by atoms with Gasteiger partial charge in [-0.2, -0.15) is 5.26 Å². The average Bonchev–Trinajstić information content (AvgIpc) is 2.27. The first-order valence-corrected chi connectivity index (χ1v) is 5.18. The molecule has 1 aromatic rings. The molecule has 1 atom stereocenters. The van der Waals surface area contributed by atoms with Crippen molar-refractivity contribution >= 4 is 6.08 Å². The second-order valence-corrected chi connectivity index (χ2v) is 3.44. The van der Waals surface area contributed by atoms with Crippen LogP contribution in [-0.2, 0) is 0 Å². The largest absolute Gasteiger partial charge is 0.311 e. The molecule has 2 nitrogen and oxygen atoms in total. The Bertz CT molecular complexity index is 374. The molecule has 0 amide bonds. The van der Waals surface area contributed by atoms with Crippen molar-refractivity contribution in [1.29, 1.82) is 5.26 Å². The van der Waals surface area contributed by atoms with Crippen molar-refractivity contribution in [3.05, 3.63) is 41.5 Å². The van der Waals surface area contributed by atoms with Crippen LogP contribution < -0.4 is 5.32 Å². The molecule has 0 aromatic heterocycles.